The number of aryl methyl sites for hydroxylation is 2. The van der Waals surface area contributed by atoms with Crippen LogP contribution in [0.1, 0.15) is 23.8 Å². The molecule has 0 spiro atoms. The predicted octanol–water partition coefficient (Wildman–Crippen LogP) is 6.83. The van der Waals surface area contributed by atoms with E-state index in [2.05, 4.69) is 0 Å². The first-order valence-corrected chi connectivity index (χ1v) is 10.2. The summed E-state index contributed by atoms with van der Waals surface area (Å²) in [5.41, 5.74) is 1.70. The summed E-state index contributed by atoms with van der Waals surface area (Å²) in [6.07, 6.45) is 0.643. The Morgan fingerprint density at radius 1 is 1.00 bits per heavy atom. The molecule has 0 N–H and O–H groups in total. The lowest BCUT2D eigenvalue weighted by molar-refractivity contribution is 0.303. The second-order valence-electron chi connectivity index (χ2n) is 7.04. The molecule has 0 amide bonds. The van der Waals surface area contributed by atoms with Crippen molar-refractivity contribution in [1.82, 2.24) is 0 Å². The number of hydrogen-bond donors (Lipinski definition) is 0. The fourth-order valence-electron chi connectivity index (χ4n) is 3.30. The van der Waals surface area contributed by atoms with Crippen LogP contribution in [0, 0.1) is 12.7 Å². The minimum atomic E-state index is -0.557. The Morgan fingerprint density at radius 3 is 2.48 bits per heavy atom. The SMILES string of the molecule is CCc1cc2c(=O)c(Oc3ccccc3F)c(C)oc2cc1OCc1ccccc1Cl. The summed E-state index contributed by atoms with van der Waals surface area (Å²) in [5, 5.41) is 0.970. The molecule has 1 heterocycles. The topological polar surface area (TPSA) is 48.7 Å². The van der Waals surface area contributed by atoms with E-state index in [4.69, 9.17) is 25.5 Å². The molecule has 4 rings (SSSR count). The molecule has 4 aromatic rings. The summed E-state index contributed by atoms with van der Waals surface area (Å²) in [5.74, 6) is 0.235. The van der Waals surface area contributed by atoms with Crippen molar-refractivity contribution >= 4 is 22.6 Å². The largest absolute Gasteiger partial charge is 0.488 e. The molecule has 4 nitrogen and oxygen atoms in total. The van der Waals surface area contributed by atoms with Crippen LogP contribution >= 0.6 is 11.6 Å². The highest BCUT2D eigenvalue weighted by atomic mass is 35.5. The Kier molecular flexibility index (Phi) is 5.96. The van der Waals surface area contributed by atoms with Crippen LogP contribution in [0.15, 0.2) is 69.9 Å². The van der Waals surface area contributed by atoms with E-state index in [9.17, 15) is 9.18 Å². The molecule has 3 aromatic carbocycles. The van der Waals surface area contributed by atoms with E-state index < -0.39 is 5.82 Å². The Morgan fingerprint density at radius 2 is 1.74 bits per heavy atom. The normalized spacial score (nSPS) is 11.0. The van der Waals surface area contributed by atoms with E-state index in [1.807, 2.05) is 25.1 Å². The fraction of sp³-hybridized carbons (Fsp3) is 0.160. The van der Waals surface area contributed by atoms with Gasteiger partial charge in [-0.1, -0.05) is 48.9 Å². The van der Waals surface area contributed by atoms with Crippen LogP contribution in [0.25, 0.3) is 11.0 Å². The van der Waals surface area contributed by atoms with Gasteiger partial charge in [0.05, 0.1) is 5.39 Å². The van der Waals surface area contributed by atoms with Gasteiger partial charge in [0.1, 0.15) is 23.7 Å². The van der Waals surface area contributed by atoms with Crippen LogP contribution < -0.4 is 14.9 Å². The maximum Gasteiger partial charge on any atom is 0.235 e. The minimum Gasteiger partial charge on any atom is -0.488 e. The molecular formula is C25H20ClFO4. The molecule has 0 unspecified atom stereocenters. The molecule has 0 saturated carbocycles. The first kappa shape index (κ1) is 20.9. The standard InChI is InChI=1S/C25H20ClFO4/c1-3-16-12-18-23(13-22(16)29-14-17-8-4-5-9-19(17)26)30-15(2)25(24(18)28)31-21-11-7-6-10-20(21)27/h4-13H,3,14H2,1-2H3. The van der Waals surface area contributed by atoms with Gasteiger partial charge in [0.2, 0.25) is 11.2 Å². The Labute approximate surface area is 183 Å². The van der Waals surface area contributed by atoms with Crippen LogP contribution in [-0.4, -0.2) is 0 Å². The summed E-state index contributed by atoms with van der Waals surface area (Å²) in [6, 6.07) is 16.8. The van der Waals surface area contributed by atoms with Gasteiger partial charge < -0.3 is 13.9 Å². The van der Waals surface area contributed by atoms with E-state index in [1.165, 1.54) is 12.1 Å². The average Bonchev–Trinajstić information content (AvgIpc) is 2.77. The van der Waals surface area contributed by atoms with Gasteiger partial charge in [-0.3, -0.25) is 4.79 Å². The predicted molar refractivity (Wildman–Crippen MR) is 119 cm³/mol. The van der Waals surface area contributed by atoms with Gasteiger partial charge in [0.25, 0.3) is 0 Å². The number of hydrogen-bond acceptors (Lipinski definition) is 4. The maximum absolute atomic E-state index is 14.0. The highest BCUT2D eigenvalue weighted by molar-refractivity contribution is 6.31. The van der Waals surface area contributed by atoms with Crippen molar-refractivity contribution in [3.63, 3.8) is 0 Å². The van der Waals surface area contributed by atoms with Gasteiger partial charge in [-0.2, -0.15) is 0 Å². The molecule has 1 aromatic heterocycles. The fourth-order valence-corrected chi connectivity index (χ4v) is 3.49. The summed E-state index contributed by atoms with van der Waals surface area (Å²) in [4.78, 5) is 13.1. The molecule has 6 heteroatoms. The number of ether oxygens (including phenoxy) is 2. The molecular weight excluding hydrogens is 419 g/mol. The first-order chi connectivity index (χ1) is 15.0. The van der Waals surface area contributed by atoms with Crippen molar-refractivity contribution in [2.75, 3.05) is 0 Å². The zero-order chi connectivity index (χ0) is 22.0. The number of halogens is 2. The first-order valence-electron chi connectivity index (χ1n) is 9.86. The maximum atomic E-state index is 14.0. The van der Waals surface area contributed by atoms with E-state index in [-0.39, 0.29) is 29.3 Å². The monoisotopic (exact) mass is 438 g/mol. The summed E-state index contributed by atoms with van der Waals surface area (Å²) >= 11 is 6.22. The Bertz CT molecular complexity index is 1310. The van der Waals surface area contributed by atoms with Crippen molar-refractivity contribution in [2.45, 2.75) is 26.9 Å². The lowest BCUT2D eigenvalue weighted by atomic mass is 10.1. The van der Waals surface area contributed by atoms with Crippen molar-refractivity contribution < 1.29 is 18.3 Å². The third-order valence-electron chi connectivity index (χ3n) is 4.97. The molecule has 158 valence electrons. The van der Waals surface area contributed by atoms with E-state index in [1.54, 1.807) is 37.3 Å². The van der Waals surface area contributed by atoms with Gasteiger partial charge in [-0.15, -0.1) is 0 Å². The van der Waals surface area contributed by atoms with Crippen molar-refractivity contribution in [1.29, 1.82) is 0 Å². The molecule has 0 radical (unpaired) electrons. The summed E-state index contributed by atoms with van der Waals surface area (Å²) < 4.78 is 31.4. The van der Waals surface area contributed by atoms with E-state index in [0.717, 1.165) is 11.1 Å². The van der Waals surface area contributed by atoms with E-state index in [0.29, 0.717) is 28.2 Å². The summed E-state index contributed by atoms with van der Waals surface area (Å²) in [7, 11) is 0. The zero-order valence-electron chi connectivity index (χ0n) is 17.1. The number of fused-ring (bicyclic) bond motifs is 1. The number of benzene rings is 3. The molecule has 0 saturated heterocycles. The van der Waals surface area contributed by atoms with Crippen molar-refractivity contribution in [3.8, 4) is 17.2 Å². The quantitative estimate of drug-likeness (QED) is 0.331. The highest BCUT2D eigenvalue weighted by Gasteiger charge is 2.18. The van der Waals surface area contributed by atoms with Gasteiger partial charge in [0, 0.05) is 16.7 Å². The van der Waals surface area contributed by atoms with Gasteiger partial charge in [-0.25, -0.2) is 4.39 Å². The van der Waals surface area contributed by atoms with E-state index >= 15 is 0 Å². The third kappa shape index (κ3) is 4.28. The lowest BCUT2D eigenvalue weighted by Crippen LogP contribution is -2.09. The second kappa shape index (κ2) is 8.82. The molecule has 0 aliphatic heterocycles. The Balaban J connectivity index is 1.73. The molecule has 0 bridgehead atoms. The zero-order valence-corrected chi connectivity index (χ0v) is 17.8. The molecule has 0 fully saturated rings. The third-order valence-corrected chi connectivity index (χ3v) is 5.34. The number of rotatable bonds is 6. The van der Waals surface area contributed by atoms with Crippen molar-refractivity contribution in [2.24, 2.45) is 0 Å². The van der Waals surface area contributed by atoms with Crippen LogP contribution in [0.2, 0.25) is 5.02 Å². The summed E-state index contributed by atoms with van der Waals surface area (Å²) in [6.45, 7) is 3.86. The number of para-hydroxylation sites is 1. The molecule has 0 atom stereocenters. The second-order valence-corrected chi connectivity index (χ2v) is 7.45. The molecule has 0 aliphatic carbocycles. The van der Waals surface area contributed by atoms with Crippen LogP contribution in [0.5, 0.6) is 17.2 Å². The van der Waals surface area contributed by atoms with Gasteiger partial charge in [-0.05, 0) is 43.2 Å². The van der Waals surface area contributed by atoms with Crippen LogP contribution in [-0.2, 0) is 13.0 Å². The molecule has 0 aliphatic rings. The minimum absolute atomic E-state index is 0.0346. The highest BCUT2D eigenvalue weighted by Crippen LogP contribution is 2.31. The van der Waals surface area contributed by atoms with Crippen molar-refractivity contribution in [3.05, 3.63) is 98.6 Å². The van der Waals surface area contributed by atoms with Crippen LogP contribution in [0.4, 0.5) is 4.39 Å². The Hall–Kier alpha value is -3.31. The average molecular weight is 439 g/mol. The van der Waals surface area contributed by atoms with Gasteiger partial charge >= 0.3 is 0 Å². The van der Waals surface area contributed by atoms with Crippen LogP contribution in [0.3, 0.4) is 0 Å². The molecule has 31 heavy (non-hydrogen) atoms. The lowest BCUT2D eigenvalue weighted by Gasteiger charge is -2.14. The van der Waals surface area contributed by atoms with Gasteiger partial charge in [0.15, 0.2) is 11.6 Å². The smallest absolute Gasteiger partial charge is 0.235 e.